The molecule has 3 aromatic rings. The Hall–Kier alpha value is -2.32. The number of aromatic nitrogens is 1. The summed E-state index contributed by atoms with van der Waals surface area (Å²) >= 11 is 1.24. The first-order valence-corrected chi connectivity index (χ1v) is 10.7. The lowest BCUT2D eigenvalue weighted by Gasteiger charge is -2.03. The number of thiazole rings is 1. The van der Waals surface area contributed by atoms with Crippen LogP contribution in [-0.2, 0) is 16.4 Å². The Balaban J connectivity index is 2.17. The van der Waals surface area contributed by atoms with Gasteiger partial charge in [0, 0.05) is 18.4 Å². The summed E-state index contributed by atoms with van der Waals surface area (Å²) in [5.74, 6) is -1.04. The third-order valence-corrected chi connectivity index (χ3v) is 5.95. The molecule has 0 radical (unpaired) electrons. The van der Waals surface area contributed by atoms with E-state index in [0.29, 0.717) is 11.3 Å². The SMILES string of the molecule is CCCn1c(=NC(=O)c2cccc(F)c2)sc2cc(S(C)(=O)=O)ccc21. The highest BCUT2D eigenvalue weighted by Gasteiger charge is 2.13. The van der Waals surface area contributed by atoms with Gasteiger partial charge in [-0.05, 0) is 42.8 Å². The van der Waals surface area contributed by atoms with Gasteiger partial charge in [0.1, 0.15) is 5.82 Å². The lowest BCUT2D eigenvalue weighted by atomic mass is 10.2. The van der Waals surface area contributed by atoms with E-state index in [1.807, 2.05) is 11.5 Å². The maximum atomic E-state index is 13.3. The number of hydrogen-bond acceptors (Lipinski definition) is 4. The number of carbonyl (C=O) groups excluding carboxylic acids is 1. The Kier molecular flexibility index (Phi) is 5.06. The molecule has 1 heterocycles. The van der Waals surface area contributed by atoms with Crippen LogP contribution < -0.4 is 4.80 Å². The van der Waals surface area contributed by atoms with Gasteiger partial charge in [0.05, 0.1) is 15.1 Å². The molecule has 0 aliphatic carbocycles. The lowest BCUT2D eigenvalue weighted by molar-refractivity contribution is 0.0997. The van der Waals surface area contributed by atoms with Gasteiger partial charge in [0.2, 0.25) is 0 Å². The minimum absolute atomic E-state index is 0.169. The second-order valence-electron chi connectivity index (χ2n) is 5.87. The second kappa shape index (κ2) is 7.13. The molecule has 0 aliphatic heterocycles. The fourth-order valence-electron chi connectivity index (χ4n) is 2.58. The van der Waals surface area contributed by atoms with Gasteiger partial charge in [-0.2, -0.15) is 4.99 Å². The predicted octanol–water partition coefficient (Wildman–Crippen LogP) is 3.40. The molecule has 26 heavy (non-hydrogen) atoms. The number of rotatable bonds is 4. The highest BCUT2D eigenvalue weighted by Crippen LogP contribution is 2.22. The van der Waals surface area contributed by atoms with E-state index in [1.165, 1.54) is 29.5 Å². The third-order valence-electron chi connectivity index (χ3n) is 3.80. The van der Waals surface area contributed by atoms with Gasteiger partial charge >= 0.3 is 0 Å². The summed E-state index contributed by atoms with van der Waals surface area (Å²) < 4.78 is 39.5. The fourth-order valence-corrected chi connectivity index (χ4v) is 4.40. The van der Waals surface area contributed by atoms with E-state index in [9.17, 15) is 17.6 Å². The minimum Gasteiger partial charge on any atom is -0.316 e. The maximum absolute atomic E-state index is 13.3. The van der Waals surface area contributed by atoms with E-state index in [2.05, 4.69) is 4.99 Å². The van der Waals surface area contributed by atoms with Crippen LogP contribution >= 0.6 is 11.3 Å². The summed E-state index contributed by atoms with van der Waals surface area (Å²) in [4.78, 5) is 17.2. The molecule has 0 unspecified atom stereocenters. The second-order valence-corrected chi connectivity index (χ2v) is 8.89. The van der Waals surface area contributed by atoms with Gasteiger partial charge < -0.3 is 4.57 Å². The zero-order chi connectivity index (χ0) is 18.9. The van der Waals surface area contributed by atoms with Crippen molar-refractivity contribution >= 4 is 37.3 Å². The highest BCUT2D eigenvalue weighted by molar-refractivity contribution is 7.90. The molecule has 1 aromatic heterocycles. The Morgan fingerprint density at radius 1 is 1.23 bits per heavy atom. The Morgan fingerprint density at radius 3 is 2.65 bits per heavy atom. The molecule has 5 nitrogen and oxygen atoms in total. The number of benzene rings is 2. The first kappa shape index (κ1) is 18.5. The smallest absolute Gasteiger partial charge is 0.279 e. The largest absolute Gasteiger partial charge is 0.316 e. The van der Waals surface area contributed by atoms with Crippen LogP contribution in [0, 0.1) is 5.82 Å². The number of fused-ring (bicyclic) bond motifs is 1. The van der Waals surface area contributed by atoms with E-state index < -0.39 is 21.6 Å². The molecular formula is C18H17FN2O3S2. The standard InChI is InChI=1S/C18H17FN2O3S2/c1-3-9-21-15-8-7-14(26(2,23)24)11-16(15)25-18(21)20-17(22)12-5-4-6-13(19)10-12/h4-8,10-11H,3,9H2,1-2H3. The summed E-state index contributed by atoms with van der Waals surface area (Å²) in [7, 11) is -3.32. The van der Waals surface area contributed by atoms with Crippen LogP contribution in [0.1, 0.15) is 23.7 Å². The number of halogens is 1. The molecule has 2 aromatic carbocycles. The van der Waals surface area contributed by atoms with Crippen molar-refractivity contribution in [2.24, 2.45) is 4.99 Å². The molecule has 1 amide bonds. The summed E-state index contributed by atoms with van der Waals surface area (Å²) in [5, 5.41) is 0. The Morgan fingerprint density at radius 2 is 2.00 bits per heavy atom. The van der Waals surface area contributed by atoms with Gasteiger partial charge in [-0.1, -0.05) is 24.3 Å². The van der Waals surface area contributed by atoms with Crippen molar-refractivity contribution in [2.75, 3.05) is 6.26 Å². The van der Waals surface area contributed by atoms with E-state index in [-0.39, 0.29) is 10.5 Å². The van der Waals surface area contributed by atoms with E-state index >= 15 is 0 Å². The van der Waals surface area contributed by atoms with Gasteiger partial charge in [0.15, 0.2) is 14.6 Å². The van der Waals surface area contributed by atoms with E-state index in [1.54, 1.807) is 18.2 Å². The van der Waals surface area contributed by atoms with Gasteiger partial charge in [-0.15, -0.1) is 0 Å². The maximum Gasteiger partial charge on any atom is 0.279 e. The van der Waals surface area contributed by atoms with Crippen molar-refractivity contribution in [2.45, 2.75) is 24.8 Å². The molecule has 136 valence electrons. The summed E-state index contributed by atoms with van der Waals surface area (Å²) in [5.41, 5.74) is 0.984. The lowest BCUT2D eigenvalue weighted by Crippen LogP contribution is -2.16. The number of carbonyl (C=O) groups is 1. The summed E-state index contributed by atoms with van der Waals surface area (Å²) in [6.45, 7) is 2.63. The molecular weight excluding hydrogens is 375 g/mol. The predicted molar refractivity (Wildman–Crippen MR) is 99.5 cm³/mol. The molecule has 0 bridgehead atoms. The molecule has 0 aliphatic rings. The van der Waals surface area contributed by atoms with Crippen LogP contribution in [0.2, 0.25) is 0 Å². The van der Waals surface area contributed by atoms with Crippen molar-refractivity contribution < 1.29 is 17.6 Å². The average Bonchev–Trinajstić information content (AvgIpc) is 2.91. The molecule has 0 N–H and O–H groups in total. The first-order chi connectivity index (χ1) is 12.3. The third kappa shape index (κ3) is 3.76. The normalized spacial score (nSPS) is 12.7. The Bertz CT molecular complexity index is 1160. The van der Waals surface area contributed by atoms with Crippen LogP contribution in [0.15, 0.2) is 52.4 Å². The summed E-state index contributed by atoms with van der Waals surface area (Å²) in [6.07, 6.45) is 1.97. The topological polar surface area (TPSA) is 68.5 Å². The summed E-state index contributed by atoms with van der Waals surface area (Å²) in [6, 6.07) is 10.2. The molecule has 0 saturated carbocycles. The molecule has 0 saturated heterocycles. The molecule has 0 spiro atoms. The molecule has 0 fully saturated rings. The minimum atomic E-state index is -3.32. The van der Waals surface area contributed by atoms with Crippen molar-refractivity contribution in [3.05, 3.63) is 58.6 Å². The van der Waals surface area contributed by atoms with Crippen molar-refractivity contribution in [1.29, 1.82) is 0 Å². The van der Waals surface area contributed by atoms with Crippen LogP contribution in [0.3, 0.4) is 0 Å². The number of aryl methyl sites for hydroxylation is 1. The van der Waals surface area contributed by atoms with Gasteiger partial charge in [-0.25, -0.2) is 12.8 Å². The number of amides is 1. The van der Waals surface area contributed by atoms with E-state index in [4.69, 9.17) is 0 Å². The number of sulfone groups is 1. The van der Waals surface area contributed by atoms with Crippen LogP contribution in [0.25, 0.3) is 10.2 Å². The van der Waals surface area contributed by atoms with Gasteiger partial charge in [-0.3, -0.25) is 4.79 Å². The van der Waals surface area contributed by atoms with E-state index in [0.717, 1.165) is 29.0 Å². The molecule has 3 rings (SSSR count). The molecule has 8 heteroatoms. The zero-order valence-electron chi connectivity index (χ0n) is 14.3. The number of nitrogens with zero attached hydrogens (tertiary/aromatic N) is 2. The monoisotopic (exact) mass is 392 g/mol. The van der Waals surface area contributed by atoms with Crippen LogP contribution in [0.4, 0.5) is 4.39 Å². The van der Waals surface area contributed by atoms with Crippen LogP contribution in [0.5, 0.6) is 0 Å². The van der Waals surface area contributed by atoms with Crippen molar-refractivity contribution in [3.8, 4) is 0 Å². The van der Waals surface area contributed by atoms with Crippen molar-refractivity contribution in [1.82, 2.24) is 4.57 Å². The van der Waals surface area contributed by atoms with Crippen LogP contribution in [-0.4, -0.2) is 25.1 Å². The quantitative estimate of drug-likeness (QED) is 0.683. The highest BCUT2D eigenvalue weighted by atomic mass is 32.2. The zero-order valence-corrected chi connectivity index (χ0v) is 15.9. The molecule has 0 atom stereocenters. The Labute approximate surface area is 154 Å². The van der Waals surface area contributed by atoms with Gasteiger partial charge in [0.25, 0.3) is 5.91 Å². The number of hydrogen-bond donors (Lipinski definition) is 0. The average molecular weight is 392 g/mol. The first-order valence-electron chi connectivity index (χ1n) is 7.97. The fraction of sp³-hybridized carbons (Fsp3) is 0.222. The van der Waals surface area contributed by atoms with Crippen molar-refractivity contribution in [3.63, 3.8) is 0 Å².